The fourth-order valence-corrected chi connectivity index (χ4v) is 10.9. The highest BCUT2D eigenvalue weighted by Crippen LogP contribution is 2.51. The van der Waals surface area contributed by atoms with Gasteiger partial charge in [-0.05, 0) is 135 Å². The summed E-state index contributed by atoms with van der Waals surface area (Å²) in [6, 6.07) is 0. The van der Waals surface area contributed by atoms with Gasteiger partial charge in [0.25, 0.3) is 0 Å². The SMILES string of the molecule is C=CCCCCCCCCCOP(=O)(OCCCCCCCCCC=C)OCCCCCCCCCC=C.C=CCCCCOP(=O)(OCCCCC=C)OCCCCC=C.C=CCCOP(=O)(OCCC=C)OCCC=C. The third-order valence-corrected chi connectivity index (χ3v) is 16.3. The van der Waals surface area contributed by atoms with Crippen molar-refractivity contribution in [2.45, 2.75) is 231 Å². The molecule has 78 heavy (non-hydrogen) atoms. The van der Waals surface area contributed by atoms with Crippen LogP contribution in [0, 0.1) is 0 Å². The Morgan fingerprint density at radius 1 is 0.179 bits per heavy atom. The average molecular weight is 1160 g/mol. The molecule has 0 bridgehead atoms. The predicted molar refractivity (Wildman–Crippen MR) is 334 cm³/mol. The van der Waals surface area contributed by atoms with Crippen LogP contribution in [0.25, 0.3) is 0 Å². The standard InChI is InChI=1S/C33H63O4P.C18H33O4P.C12H21O4P/c1-4-7-10-13-16-19-22-25-28-31-35-38(34,36-32-29-26-23-20-17-14-11-8-5-2)37-33-30-27-24-21-18-15-12-9-6-3;1-4-7-10-13-16-20-23(19,21-17-14-11-8-5-2)22-18-15-12-9-6-3;1-4-7-10-14-17(13,15-11-8-5-2)16-12-9-6-3/h4-6H,1-3,7-33H2;4-6H,1-3,7-18H2;4-6H,1-3,7-12H2. The van der Waals surface area contributed by atoms with E-state index < -0.39 is 23.5 Å². The number of unbranched alkanes of at least 4 members (excludes halogenated alkanes) is 27. The first kappa shape index (κ1) is 80.2. The highest BCUT2D eigenvalue weighted by atomic mass is 31.2. The molecule has 0 aliphatic carbocycles. The molecule has 456 valence electrons. The van der Waals surface area contributed by atoms with E-state index in [0.717, 1.165) is 116 Å². The Hall–Kier alpha value is -2.01. The number of rotatable bonds is 63. The van der Waals surface area contributed by atoms with E-state index >= 15 is 0 Å². The van der Waals surface area contributed by atoms with Gasteiger partial charge in [-0.1, -0.05) is 151 Å². The van der Waals surface area contributed by atoms with Gasteiger partial charge in [0.15, 0.2) is 0 Å². The van der Waals surface area contributed by atoms with Crippen molar-refractivity contribution in [2.75, 3.05) is 59.5 Å². The zero-order valence-corrected chi connectivity index (χ0v) is 52.3. The second kappa shape index (κ2) is 65.8. The van der Waals surface area contributed by atoms with Gasteiger partial charge in [0.05, 0.1) is 59.5 Å². The smallest absolute Gasteiger partial charge is 0.287 e. The van der Waals surface area contributed by atoms with E-state index in [-0.39, 0.29) is 19.8 Å². The number of hydrogen-bond donors (Lipinski definition) is 0. The van der Waals surface area contributed by atoms with Crippen molar-refractivity contribution in [3.8, 4) is 0 Å². The maximum atomic E-state index is 13.2. The summed E-state index contributed by atoms with van der Waals surface area (Å²) in [6.45, 7) is 36.3. The van der Waals surface area contributed by atoms with Crippen molar-refractivity contribution in [1.82, 2.24) is 0 Å². The van der Waals surface area contributed by atoms with Gasteiger partial charge in [0.2, 0.25) is 0 Å². The van der Waals surface area contributed by atoms with Crippen molar-refractivity contribution < 1.29 is 54.4 Å². The van der Waals surface area contributed by atoms with Gasteiger partial charge in [-0.25, -0.2) is 13.7 Å². The minimum atomic E-state index is -3.47. The molecule has 0 rings (SSSR count). The summed E-state index contributed by atoms with van der Waals surface area (Å²) in [5.74, 6) is 0. The topological polar surface area (TPSA) is 134 Å². The molecule has 0 unspecified atom stereocenters. The number of phosphoric ester groups is 3. The van der Waals surface area contributed by atoms with Gasteiger partial charge in [-0.3, -0.25) is 40.7 Å². The molecule has 0 heterocycles. The summed E-state index contributed by atoms with van der Waals surface area (Å²) in [4.78, 5) is 0. The molecule has 0 N–H and O–H groups in total. The molecule has 0 aliphatic heterocycles. The average Bonchev–Trinajstić information content (AvgIpc) is 3.43. The first-order valence-electron chi connectivity index (χ1n) is 30.1. The Kier molecular flexibility index (Phi) is 67.7. The molecule has 0 radical (unpaired) electrons. The van der Waals surface area contributed by atoms with Crippen molar-refractivity contribution >= 4 is 23.5 Å². The van der Waals surface area contributed by atoms with E-state index in [2.05, 4.69) is 59.2 Å². The second-order valence-electron chi connectivity index (χ2n) is 19.1. The van der Waals surface area contributed by atoms with Crippen molar-refractivity contribution in [1.29, 1.82) is 0 Å². The molecule has 12 nitrogen and oxygen atoms in total. The summed E-state index contributed by atoms with van der Waals surface area (Å²) in [7, 11) is -10.4. The van der Waals surface area contributed by atoms with E-state index in [9.17, 15) is 13.7 Å². The first-order valence-corrected chi connectivity index (χ1v) is 34.5. The summed E-state index contributed by atoms with van der Waals surface area (Å²) in [5, 5.41) is 0. The Bertz CT molecular complexity index is 1370. The third kappa shape index (κ3) is 63.2. The summed E-state index contributed by atoms with van der Waals surface area (Å²) in [5.41, 5.74) is 0. The molecule has 0 atom stereocenters. The summed E-state index contributed by atoms with van der Waals surface area (Å²) in [6.07, 6.45) is 54.7. The van der Waals surface area contributed by atoms with Crippen LogP contribution >= 0.6 is 23.5 Å². The van der Waals surface area contributed by atoms with E-state index in [1.165, 1.54) is 96.3 Å². The van der Waals surface area contributed by atoms with Gasteiger partial charge < -0.3 is 0 Å². The Morgan fingerprint density at radius 3 is 0.487 bits per heavy atom. The number of phosphoric acid groups is 3. The summed E-state index contributed by atoms with van der Waals surface area (Å²) < 4.78 is 86.8. The molecule has 0 spiro atoms. The van der Waals surface area contributed by atoms with Gasteiger partial charge >= 0.3 is 23.5 Å². The van der Waals surface area contributed by atoms with E-state index in [1.54, 1.807) is 18.2 Å². The fourth-order valence-electron chi connectivity index (χ4n) is 7.13. The first-order chi connectivity index (χ1) is 38.0. The number of hydrogen-bond acceptors (Lipinski definition) is 12. The molecular weight excluding hydrogens is 1040 g/mol. The van der Waals surface area contributed by atoms with Crippen LogP contribution in [0.4, 0.5) is 0 Å². The van der Waals surface area contributed by atoms with Crippen LogP contribution in [-0.2, 0) is 54.4 Å². The van der Waals surface area contributed by atoms with E-state index in [0.29, 0.717) is 58.9 Å². The molecule has 0 aromatic carbocycles. The van der Waals surface area contributed by atoms with Crippen LogP contribution < -0.4 is 0 Å². The minimum Gasteiger partial charge on any atom is -0.287 e. The molecule has 0 saturated carbocycles. The molecule has 0 aliphatic rings. The highest BCUT2D eigenvalue weighted by Gasteiger charge is 2.28. The maximum absolute atomic E-state index is 13.2. The van der Waals surface area contributed by atoms with E-state index in [4.69, 9.17) is 40.7 Å². The Morgan fingerprint density at radius 2 is 0.308 bits per heavy atom. The van der Waals surface area contributed by atoms with Crippen LogP contribution in [0.3, 0.4) is 0 Å². The zero-order chi connectivity index (χ0) is 58.0. The Balaban J connectivity index is -0.00000119. The lowest BCUT2D eigenvalue weighted by molar-refractivity contribution is 0.108. The molecule has 0 saturated heterocycles. The third-order valence-electron chi connectivity index (χ3n) is 11.8. The van der Waals surface area contributed by atoms with Crippen molar-refractivity contribution in [2.24, 2.45) is 0 Å². The van der Waals surface area contributed by atoms with Crippen LogP contribution in [0.5, 0.6) is 0 Å². The molecule has 0 fully saturated rings. The van der Waals surface area contributed by atoms with Crippen LogP contribution in [0.15, 0.2) is 114 Å². The normalized spacial score (nSPS) is 11.4. The lowest BCUT2D eigenvalue weighted by Gasteiger charge is -2.18. The molecule has 0 aromatic rings. The largest absolute Gasteiger partial charge is 0.474 e. The van der Waals surface area contributed by atoms with Crippen molar-refractivity contribution in [3.05, 3.63) is 114 Å². The molecule has 0 aromatic heterocycles. The lowest BCUT2D eigenvalue weighted by atomic mass is 10.1. The van der Waals surface area contributed by atoms with Crippen LogP contribution in [0.1, 0.15) is 231 Å². The van der Waals surface area contributed by atoms with Gasteiger partial charge in [-0.2, -0.15) is 0 Å². The lowest BCUT2D eigenvalue weighted by Crippen LogP contribution is -2.04. The molecule has 0 amide bonds. The molecular formula is C63H117O12P3. The quantitative estimate of drug-likeness (QED) is 0.0326. The summed E-state index contributed by atoms with van der Waals surface area (Å²) >= 11 is 0. The van der Waals surface area contributed by atoms with Gasteiger partial charge in [0.1, 0.15) is 0 Å². The van der Waals surface area contributed by atoms with Crippen molar-refractivity contribution in [3.63, 3.8) is 0 Å². The van der Waals surface area contributed by atoms with E-state index in [1.807, 2.05) is 36.5 Å². The minimum absolute atomic E-state index is 0.267. The second-order valence-corrected chi connectivity index (χ2v) is 24.1. The zero-order valence-electron chi connectivity index (χ0n) is 49.6. The number of allylic oxidation sites excluding steroid dienone is 6. The van der Waals surface area contributed by atoms with Gasteiger partial charge in [0, 0.05) is 0 Å². The molecule has 15 heteroatoms. The monoisotopic (exact) mass is 1160 g/mol. The predicted octanol–water partition coefficient (Wildman–Crippen LogP) is 22.2. The maximum Gasteiger partial charge on any atom is 0.474 e. The van der Waals surface area contributed by atoms with Crippen LogP contribution in [0.2, 0.25) is 0 Å². The van der Waals surface area contributed by atoms with Gasteiger partial charge in [-0.15, -0.1) is 59.2 Å². The van der Waals surface area contributed by atoms with Crippen LogP contribution in [-0.4, -0.2) is 59.5 Å². The highest BCUT2D eigenvalue weighted by molar-refractivity contribution is 7.49. The Labute approximate surface area is 480 Å². The fraction of sp³-hybridized carbons (Fsp3) is 0.714.